The topological polar surface area (TPSA) is 63.0 Å². The number of anilines is 1. The van der Waals surface area contributed by atoms with Gasteiger partial charge >= 0.3 is 6.01 Å². The van der Waals surface area contributed by atoms with E-state index in [0.29, 0.717) is 29.7 Å². The first kappa shape index (κ1) is 14.7. The van der Waals surface area contributed by atoms with Gasteiger partial charge in [0.1, 0.15) is 0 Å². The lowest BCUT2D eigenvalue weighted by molar-refractivity contribution is 0.473. The lowest BCUT2D eigenvalue weighted by Crippen LogP contribution is -2.26. The van der Waals surface area contributed by atoms with Crippen LogP contribution in [0.1, 0.15) is 45.4 Å². The number of nitrogens with one attached hydrogen (secondary N) is 2. The summed E-state index contributed by atoms with van der Waals surface area (Å²) in [5.41, 5.74) is 0. The summed E-state index contributed by atoms with van der Waals surface area (Å²) >= 11 is 2.03. The van der Waals surface area contributed by atoms with Crippen LogP contribution in [0.4, 0.5) is 6.01 Å². The molecule has 0 aromatic carbocycles. The normalized spacial score (nSPS) is 22.8. The molecule has 2 unspecified atom stereocenters. The van der Waals surface area contributed by atoms with Crippen molar-refractivity contribution in [1.29, 1.82) is 0 Å². The summed E-state index contributed by atoms with van der Waals surface area (Å²) in [6.07, 6.45) is 4.88. The molecular formula is C13H24N4OS. The summed E-state index contributed by atoms with van der Waals surface area (Å²) in [6.45, 7) is 5.98. The van der Waals surface area contributed by atoms with E-state index in [-0.39, 0.29) is 0 Å². The van der Waals surface area contributed by atoms with Crippen molar-refractivity contribution in [2.24, 2.45) is 0 Å². The SMILES string of the molecule is CCCNCc1nnc(NC2CCCC2SCC)o1. The van der Waals surface area contributed by atoms with E-state index in [2.05, 4.69) is 34.7 Å². The Morgan fingerprint density at radius 2 is 2.21 bits per heavy atom. The number of hydrogen-bond donors (Lipinski definition) is 2. The molecule has 5 nitrogen and oxygen atoms in total. The lowest BCUT2D eigenvalue weighted by atomic mass is 10.2. The Morgan fingerprint density at radius 3 is 3.00 bits per heavy atom. The molecule has 0 amide bonds. The first-order valence-corrected chi connectivity index (χ1v) is 8.29. The maximum absolute atomic E-state index is 5.61. The van der Waals surface area contributed by atoms with E-state index in [1.807, 2.05) is 11.8 Å². The maximum atomic E-state index is 5.61. The zero-order chi connectivity index (χ0) is 13.5. The second-order valence-electron chi connectivity index (χ2n) is 4.85. The van der Waals surface area contributed by atoms with E-state index >= 15 is 0 Å². The largest absolute Gasteiger partial charge is 0.407 e. The highest BCUT2D eigenvalue weighted by Gasteiger charge is 2.28. The number of aromatic nitrogens is 2. The van der Waals surface area contributed by atoms with Gasteiger partial charge in [-0.25, -0.2) is 0 Å². The summed E-state index contributed by atoms with van der Waals surface area (Å²) in [7, 11) is 0. The quantitative estimate of drug-likeness (QED) is 0.716. The van der Waals surface area contributed by atoms with Crippen molar-refractivity contribution < 1.29 is 4.42 Å². The molecule has 2 atom stereocenters. The second-order valence-corrected chi connectivity index (χ2v) is 6.37. The van der Waals surface area contributed by atoms with E-state index < -0.39 is 0 Å². The van der Waals surface area contributed by atoms with Crippen LogP contribution >= 0.6 is 11.8 Å². The third-order valence-electron chi connectivity index (χ3n) is 3.31. The van der Waals surface area contributed by atoms with E-state index in [4.69, 9.17) is 4.42 Å². The first-order chi connectivity index (χ1) is 9.33. The van der Waals surface area contributed by atoms with E-state index in [1.165, 1.54) is 25.0 Å². The van der Waals surface area contributed by atoms with Gasteiger partial charge in [0.15, 0.2) is 0 Å². The summed E-state index contributed by atoms with van der Waals surface area (Å²) in [5.74, 6) is 1.83. The van der Waals surface area contributed by atoms with Gasteiger partial charge < -0.3 is 15.1 Å². The van der Waals surface area contributed by atoms with E-state index in [9.17, 15) is 0 Å². The molecule has 0 bridgehead atoms. The fourth-order valence-electron chi connectivity index (χ4n) is 2.42. The van der Waals surface area contributed by atoms with Crippen molar-refractivity contribution in [3.05, 3.63) is 5.89 Å². The minimum Gasteiger partial charge on any atom is -0.407 e. The smallest absolute Gasteiger partial charge is 0.315 e. The van der Waals surface area contributed by atoms with Gasteiger partial charge in [-0.15, -0.1) is 5.10 Å². The van der Waals surface area contributed by atoms with Crippen molar-refractivity contribution in [2.45, 2.75) is 57.4 Å². The van der Waals surface area contributed by atoms with Crippen LogP contribution in [0.25, 0.3) is 0 Å². The number of rotatable bonds is 8. The van der Waals surface area contributed by atoms with Gasteiger partial charge in [0, 0.05) is 11.3 Å². The van der Waals surface area contributed by atoms with Gasteiger partial charge in [-0.05, 0) is 31.6 Å². The summed E-state index contributed by atoms with van der Waals surface area (Å²) in [5, 5.41) is 15.5. The molecule has 1 saturated carbocycles. The number of nitrogens with zero attached hydrogens (tertiary/aromatic N) is 2. The molecular weight excluding hydrogens is 260 g/mol. The van der Waals surface area contributed by atoms with Crippen LogP contribution in [-0.4, -0.2) is 33.8 Å². The Morgan fingerprint density at radius 1 is 1.32 bits per heavy atom. The zero-order valence-electron chi connectivity index (χ0n) is 11.8. The Labute approximate surface area is 119 Å². The predicted molar refractivity (Wildman–Crippen MR) is 79.5 cm³/mol. The van der Waals surface area contributed by atoms with Crippen molar-refractivity contribution in [1.82, 2.24) is 15.5 Å². The van der Waals surface area contributed by atoms with Crippen LogP contribution in [0.3, 0.4) is 0 Å². The molecule has 0 saturated heterocycles. The minimum atomic E-state index is 0.474. The van der Waals surface area contributed by atoms with Crippen LogP contribution in [-0.2, 0) is 6.54 Å². The molecule has 1 aliphatic rings. The molecule has 1 aromatic rings. The average molecular weight is 284 g/mol. The molecule has 2 rings (SSSR count). The average Bonchev–Trinajstić information content (AvgIpc) is 3.02. The lowest BCUT2D eigenvalue weighted by Gasteiger charge is -2.18. The third-order valence-corrected chi connectivity index (χ3v) is 4.64. The van der Waals surface area contributed by atoms with Crippen molar-refractivity contribution in [3.8, 4) is 0 Å². The molecule has 0 spiro atoms. The molecule has 6 heteroatoms. The zero-order valence-corrected chi connectivity index (χ0v) is 12.6. The van der Waals surface area contributed by atoms with E-state index in [1.54, 1.807) is 0 Å². The molecule has 1 aliphatic carbocycles. The highest BCUT2D eigenvalue weighted by molar-refractivity contribution is 7.99. The highest BCUT2D eigenvalue weighted by atomic mass is 32.2. The number of hydrogen-bond acceptors (Lipinski definition) is 6. The van der Waals surface area contributed by atoms with Crippen molar-refractivity contribution in [3.63, 3.8) is 0 Å². The Bertz CT molecular complexity index is 371. The van der Waals surface area contributed by atoms with Gasteiger partial charge in [0.2, 0.25) is 5.89 Å². The highest BCUT2D eigenvalue weighted by Crippen LogP contribution is 2.31. The monoisotopic (exact) mass is 284 g/mol. The first-order valence-electron chi connectivity index (χ1n) is 7.24. The molecule has 1 heterocycles. The Kier molecular flexibility index (Phi) is 5.97. The van der Waals surface area contributed by atoms with Crippen LogP contribution in [0.5, 0.6) is 0 Å². The summed E-state index contributed by atoms with van der Waals surface area (Å²) < 4.78 is 5.61. The van der Waals surface area contributed by atoms with Gasteiger partial charge in [0.05, 0.1) is 6.54 Å². The molecule has 0 radical (unpaired) electrons. The fraction of sp³-hybridized carbons (Fsp3) is 0.846. The standard InChI is InChI=1S/C13H24N4OS/c1-3-8-14-9-12-16-17-13(18-12)15-10-6-5-7-11(10)19-4-2/h10-11,14H,3-9H2,1-2H3,(H,15,17). The van der Waals surface area contributed by atoms with Gasteiger partial charge in [-0.3, -0.25) is 0 Å². The second kappa shape index (κ2) is 7.75. The molecule has 2 N–H and O–H groups in total. The molecule has 1 aromatic heterocycles. The molecule has 19 heavy (non-hydrogen) atoms. The predicted octanol–water partition coefficient (Wildman–Crippen LogP) is 2.66. The van der Waals surface area contributed by atoms with Gasteiger partial charge in [0.25, 0.3) is 0 Å². The van der Waals surface area contributed by atoms with Crippen LogP contribution in [0.15, 0.2) is 4.42 Å². The molecule has 0 aliphatic heterocycles. The van der Waals surface area contributed by atoms with Crippen molar-refractivity contribution in [2.75, 3.05) is 17.6 Å². The maximum Gasteiger partial charge on any atom is 0.315 e. The van der Waals surface area contributed by atoms with Crippen LogP contribution in [0.2, 0.25) is 0 Å². The Balaban J connectivity index is 1.82. The Hall–Kier alpha value is -0.750. The van der Waals surface area contributed by atoms with Gasteiger partial charge in [-0.1, -0.05) is 25.4 Å². The summed E-state index contributed by atoms with van der Waals surface area (Å²) in [6, 6.07) is 1.05. The number of thioether (sulfide) groups is 1. The summed E-state index contributed by atoms with van der Waals surface area (Å²) in [4.78, 5) is 0. The van der Waals surface area contributed by atoms with Crippen molar-refractivity contribution >= 4 is 17.8 Å². The van der Waals surface area contributed by atoms with Crippen LogP contribution < -0.4 is 10.6 Å². The minimum absolute atomic E-state index is 0.474. The molecule has 108 valence electrons. The molecule has 1 fully saturated rings. The van der Waals surface area contributed by atoms with E-state index in [0.717, 1.165) is 13.0 Å². The van der Waals surface area contributed by atoms with Crippen LogP contribution in [0, 0.1) is 0 Å². The fourth-order valence-corrected chi connectivity index (χ4v) is 3.62. The third kappa shape index (κ3) is 4.38. The van der Waals surface area contributed by atoms with Gasteiger partial charge in [-0.2, -0.15) is 11.8 Å².